The Morgan fingerprint density at radius 2 is 2.00 bits per heavy atom. The zero-order valence-electron chi connectivity index (χ0n) is 12.3. The summed E-state index contributed by atoms with van der Waals surface area (Å²) in [5, 5.41) is 7.98. The van der Waals surface area contributed by atoms with Crippen LogP contribution in [0, 0.1) is 5.92 Å². The summed E-state index contributed by atoms with van der Waals surface area (Å²) in [6, 6.07) is 1.58. The lowest BCUT2D eigenvalue weighted by atomic mass is 10.1. The first-order valence-electron chi connectivity index (χ1n) is 6.80. The number of hydrogen-bond acceptors (Lipinski definition) is 4. The first-order valence-corrected chi connectivity index (χ1v) is 6.80. The van der Waals surface area contributed by atoms with Gasteiger partial charge in [0.05, 0.1) is 24.1 Å². The Bertz CT molecular complexity index is 617. The van der Waals surface area contributed by atoms with Gasteiger partial charge in [-0.2, -0.15) is 5.10 Å². The summed E-state index contributed by atoms with van der Waals surface area (Å²) in [6.45, 7) is 7.92. The highest BCUT2D eigenvalue weighted by Crippen LogP contribution is 2.19. The lowest BCUT2D eigenvalue weighted by molar-refractivity contribution is -0.118. The summed E-state index contributed by atoms with van der Waals surface area (Å²) >= 11 is 0. The summed E-state index contributed by atoms with van der Waals surface area (Å²) < 4.78 is 1.85. The Morgan fingerprint density at radius 1 is 1.30 bits per heavy atom. The zero-order valence-corrected chi connectivity index (χ0v) is 12.3. The van der Waals surface area contributed by atoms with Gasteiger partial charge in [-0.1, -0.05) is 13.8 Å². The normalized spacial score (nSPS) is 13.2. The molecule has 3 N–H and O–H groups in total. The molecule has 0 radical (unpaired) electrons. The number of carbonyl (C=O) groups excluding carboxylic acids is 1. The number of amides is 1. The summed E-state index contributed by atoms with van der Waals surface area (Å²) in [7, 11) is 0. The third-order valence-electron chi connectivity index (χ3n) is 3.21. The Labute approximate surface area is 118 Å². The number of hydrogen-bond donors (Lipinski definition) is 2. The fraction of sp³-hybridized carbons (Fsp3) is 0.500. The molecule has 2 rings (SSSR count). The van der Waals surface area contributed by atoms with Crippen molar-refractivity contribution in [2.45, 2.75) is 39.8 Å². The van der Waals surface area contributed by atoms with E-state index in [0.29, 0.717) is 5.69 Å². The van der Waals surface area contributed by atoms with Crippen molar-refractivity contribution in [1.29, 1.82) is 0 Å². The number of aromatic nitrogens is 3. The fourth-order valence-electron chi connectivity index (χ4n) is 1.91. The number of anilines is 1. The zero-order chi connectivity index (χ0) is 14.9. The van der Waals surface area contributed by atoms with E-state index in [1.807, 2.05) is 38.4 Å². The quantitative estimate of drug-likeness (QED) is 0.892. The van der Waals surface area contributed by atoms with Crippen LogP contribution in [-0.4, -0.2) is 26.7 Å². The summed E-state index contributed by atoms with van der Waals surface area (Å²) in [5.41, 5.74) is 7.27. The van der Waals surface area contributed by atoms with Crippen LogP contribution in [0.1, 0.15) is 33.7 Å². The molecule has 20 heavy (non-hydrogen) atoms. The van der Waals surface area contributed by atoms with Crippen LogP contribution < -0.4 is 11.1 Å². The van der Waals surface area contributed by atoms with Crippen LogP contribution in [0.3, 0.4) is 0 Å². The molecule has 0 saturated carbocycles. The van der Waals surface area contributed by atoms with E-state index in [1.165, 1.54) is 0 Å². The minimum absolute atomic E-state index is 0.0929. The first-order chi connectivity index (χ1) is 9.40. The SMILES string of the molecule is CC(C)C(N)C(=O)Nc1cnc2c(cnn2C(C)C)c1. The van der Waals surface area contributed by atoms with Crippen LogP contribution in [-0.2, 0) is 4.79 Å². The molecule has 2 aromatic rings. The van der Waals surface area contributed by atoms with Crippen molar-refractivity contribution in [2.24, 2.45) is 11.7 Å². The number of carbonyl (C=O) groups is 1. The molecule has 6 heteroatoms. The standard InChI is InChI=1S/C14H21N5O/c1-8(2)12(15)14(20)18-11-5-10-6-17-19(9(3)4)13(10)16-7-11/h5-9,12H,15H2,1-4H3,(H,18,20). The number of rotatable bonds is 4. The van der Waals surface area contributed by atoms with Gasteiger partial charge in [0.25, 0.3) is 0 Å². The second kappa shape index (κ2) is 5.58. The highest BCUT2D eigenvalue weighted by molar-refractivity contribution is 5.96. The van der Waals surface area contributed by atoms with Gasteiger partial charge in [0.15, 0.2) is 5.65 Å². The number of nitrogens with zero attached hydrogens (tertiary/aromatic N) is 3. The van der Waals surface area contributed by atoms with Gasteiger partial charge in [-0.25, -0.2) is 9.67 Å². The third-order valence-corrected chi connectivity index (χ3v) is 3.21. The van der Waals surface area contributed by atoms with Crippen molar-refractivity contribution in [3.05, 3.63) is 18.5 Å². The number of nitrogens with one attached hydrogen (secondary N) is 1. The van der Waals surface area contributed by atoms with E-state index < -0.39 is 6.04 Å². The maximum absolute atomic E-state index is 11.9. The van der Waals surface area contributed by atoms with Crippen LogP contribution in [0.15, 0.2) is 18.5 Å². The predicted octanol–water partition coefficient (Wildman–Crippen LogP) is 1.93. The Morgan fingerprint density at radius 3 is 2.60 bits per heavy atom. The van der Waals surface area contributed by atoms with E-state index in [4.69, 9.17) is 5.73 Å². The summed E-state index contributed by atoms with van der Waals surface area (Å²) in [4.78, 5) is 16.3. The van der Waals surface area contributed by atoms with Gasteiger partial charge < -0.3 is 11.1 Å². The molecule has 0 aliphatic heterocycles. The molecule has 0 aliphatic carbocycles. The van der Waals surface area contributed by atoms with Crippen molar-refractivity contribution in [1.82, 2.24) is 14.8 Å². The molecule has 6 nitrogen and oxygen atoms in total. The van der Waals surface area contributed by atoms with Gasteiger partial charge in [0.1, 0.15) is 0 Å². The maximum atomic E-state index is 11.9. The average Bonchev–Trinajstić information content (AvgIpc) is 2.80. The van der Waals surface area contributed by atoms with Crippen molar-refractivity contribution >= 4 is 22.6 Å². The minimum Gasteiger partial charge on any atom is -0.323 e. The van der Waals surface area contributed by atoms with E-state index in [1.54, 1.807) is 12.4 Å². The van der Waals surface area contributed by atoms with Crippen molar-refractivity contribution in [2.75, 3.05) is 5.32 Å². The van der Waals surface area contributed by atoms with E-state index in [2.05, 4.69) is 15.4 Å². The number of pyridine rings is 1. The smallest absolute Gasteiger partial charge is 0.241 e. The molecular weight excluding hydrogens is 254 g/mol. The highest BCUT2D eigenvalue weighted by atomic mass is 16.2. The summed E-state index contributed by atoms with van der Waals surface area (Å²) in [6.07, 6.45) is 3.38. The molecule has 0 bridgehead atoms. The monoisotopic (exact) mass is 275 g/mol. The van der Waals surface area contributed by atoms with E-state index in [-0.39, 0.29) is 17.9 Å². The number of nitrogens with two attached hydrogens (primary N) is 1. The van der Waals surface area contributed by atoms with E-state index >= 15 is 0 Å². The molecule has 2 heterocycles. The maximum Gasteiger partial charge on any atom is 0.241 e. The molecule has 0 aliphatic rings. The molecule has 0 saturated heterocycles. The van der Waals surface area contributed by atoms with Crippen molar-refractivity contribution in [3.8, 4) is 0 Å². The van der Waals surface area contributed by atoms with Crippen molar-refractivity contribution < 1.29 is 4.79 Å². The number of fused-ring (bicyclic) bond motifs is 1. The Kier molecular flexibility index (Phi) is 4.04. The molecule has 1 amide bonds. The van der Waals surface area contributed by atoms with Gasteiger partial charge in [0, 0.05) is 11.4 Å². The fourth-order valence-corrected chi connectivity index (χ4v) is 1.91. The van der Waals surface area contributed by atoms with E-state index in [0.717, 1.165) is 11.0 Å². The topological polar surface area (TPSA) is 85.8 Å². The lowest BCUT2D eigenvalue weighted by Gasteiger charge is -2.15. The second-order valence-corrected chi connectivity index (χ2v) is 5.58. The van der Waals surface area contributed by atoms with Crippen LogP contribution in [0.2, 0.25) is 0 Å². The van der Waals surface area contributed by atoms with Crippen molar-refractivity contribution in [3.63, 3.8) is 0 Å². The minimum atomic E-state index is -0.524. The van der Waals surface area contributed by atoms with Gasteiger partial charge >= 0.3 is 0 Å². The molecule has 2 aromatic heterocycles. The second-order valence-electron chi connectivity index (χ2n) is 5.58. The van der Waals surface area contributed by atoms with Gasteiger partial charge in [-0.05, 0) is 25.8 Å². The van der Waals surface area contributed by atoms with Crippen LogP contribution in [0.4, 0.5) is 5.69 Å². The third kappa shape index (κ3) is 2.80. The first kappa shape index (κ1) is 14.5. The van der Waals surface area contributed by atoms with Gasteiger partial charge in [-0.15, -0.1) is 0 Å². The molecular formula is C14H21N5O. The molecule has 0 aromatic carbocycles. The van der Waals surface area contributed by atoms with Crippen LogP contribution in [0.25, 0.3) is 11.0 Å². The molecule has 0 fully saturated rings. The average molecular weight is 275 g/mol. The molecule has 0 spiro atoms. The highest BCUT2D eigenvalue weighted by Gasteiger charge is 2.17. The Hall–Kier alpha value is -1.95. The van der Waals surface area contributed by atoms with Crippen LogP contribution in [0.5, 0.6) is 0 Å². The lowest BCUT2D eigenvalue weighted by Crippen LogP contribution is -2.39. The molecule has 1 atom stereocenters. The van der Waals surface area contributed by atoms with E-state index in [9.17, 15) is 4.79 Å². The Balaban J connectivity index is 2.23. The van der Waals surface area contributed by atoms with Crippen LogP contribution >= 0.6 is 0 Å². The molecule has 108 valence electrons. The van der Waals surface area contributed by atoms with Gasteiger partial charge in [0.2, 0.25) is 5.91 Å². The predicted molar refractivity (Wildman–Crippen MR) is 79.4 cm³/mol. The molecule has 1 unspecified atom stereocenters. The largest absolute Gasteiger partial charge is 0.323 e. The summed E-state index contributed by atoms with van der Waals surface area (Å²) in [5.74, 6) is -0.104. The van der Waals surface area contributed by atoms with Gasteiger partial charge in [-0.3, -0.25) is 4.79 Å².